The van der Waals surface area contributed by atoms with Gasteiger partial charge < -0.3 is 10.0 Å². The number of aromatic hydroxyl groups is 1. The molecule has 4 heteroatoms. The molecule has 0 spiro atoms. The Balaban J connectivity index is 2.11. The summed E-state index contributed by atoms with van der Waals surface area (Å²) in [4.78, 5) is 6.26. The average molecular weight is 184 g/mol. The molecule has 66 valence electrons. The molecule has 1 atom stereocenters. The van der Waals surface area contributed by atoms with Crippen LogP contribution in [0.3, 0.4) is 0 Å². The zero-order valence-corrected chi connectivity index (χ0v) is 7.84. The van der Waals surface area contributed by atoms with Crippen LogP contribution >= 0.6 is 11.3 Å². The first-order valence-corrected chi connectivity index (χ1v) is 5.03. The molecule has 12 heavy (non-hydrogen) atoms. The van der Waals surface area contributed by atoms with Gasteiger partial charge in [0.25, 0.3) is 0 Å². The molecule has 3 nitrogen and oxygen atoms in total. The maximum Gasteiger partial charge on any atom is 0.223 e. The molecule has 2 rings (SSSR count). The molecule has 0 amide bonds. The standard InChI is InChI=1S/C8H12N2OS/c1-6-2-3-10(4-6)8-9-7(11)5-12-8/h5-6,11H,2-4H2,1H3. The zero-order valence-electron chi connectivity index (χ0n) is 7.03. The highest BCUT2D eigenvalue weighted by atomic mass is 32.1. The van der Waals surface area contributed by atoms with Gasteiger partial charge in [0.2, 0.25) is 5.88 Å². The van der Waals surface area contributed by atoms with Crippen molar-refractivity contribution in [3.63, 3.8) is 0 Å². The summed E-state index contributed by atoms with van der Waals surface area (Å²) >= 11 is 1.51. The van der Waals surface area contributed by atoms with E-state index in [1.54, 1.807) is 5.38 Å². The van der Waals surface area contributed by atoms with Crippen molar-refractivity contribution >= 4 is 16.5 Å². The molecule has 1 saturated heterocycles. The van der Waals surface area contributed by atoms with Crippen LogP contribution in [0.5, 0.6) is 5.88 Å². The third kappa shape index (κ3) is 1.39. The number of anilines is 1. The van der Waals surface area contributed by atoms with Gasteiger partial charge in [-0.1, -0.05) is 6.92 Å². The lowest BCUT2D eigenvalue weighted by molar-refractivity contribution is 0.457. The van der Waals surface area contributed by atoms with Gasteiger partial charge in [-0.15, -0.1) is 11.3 Å². The Morgan fingerprint density at radius 3 is 3.08 bits per heavy atom. The number of hydrogen-bond acceptors (Lipinski definition) is 4. The summed E-state index contributed by atoms with van der Waals surface area (Å²) in [5, 5.41) is 11.7. The Labute approximate surface area is 75.7 Å². The highest BCUT2D eigenvalue weighted by Gasteiger charge is 2.20. The second kappa shape index (κ2) is 2.94. The van der Waals surface area contributed by atoms with Crippen LogP contribution in [0, 0.1) is 5.92 Å². The van der Waals surface area contributed by atoms with Gasteiger partial charge in [-0.05, 0) is 12.3 Å². The predicted molar refractivity (Wildman–Crippen MR) is 49.8 cm³/mol. The summed E-state index contributed by atoms with van der Waals surface area (Å²) in [6.45, 7) is 4.40. The van der Waals surface area contributed by atoms with Crippen LogP contribution in [-0.4, -0.2) is 23.2 Å². The summed E-state index contributed by atoms with van der Waals surface area (Å²) in [5.41, 5.74) is 0. The summed E-state index contributed by atoms with van der Waals surface area (Å²) < 4.78 is 0. The molecule has 1 aromatic heterocycles. The van der Waals surface area contributed by atoms with Gasteiger partial charge in [-0.25, -0.2) is 0 Å². The molecule has 1 unspecified atom stereocenters. The third-order valence-corrected chi connectivity index (χ3v) is 3.06. The summed E-state index contributed by atoms with van der Waals surface area (Å²) in [5.74, 6) is 0.908. The van der Waals surface area contributed by atoms with Gasteiger partial charge in [0.1, 0.15) is 0 Å². The van der Waals surface area contributed by atoms with E-state index >= 15 is 0 Å². The Morgan fingerprint density at radius 1 is 1.75 bits per heavy atom. The molecule has 1 aliphatic heterocycles. The van der Waals surface area contributed by atoms with E-state index in [9.17, 15) is 0 Å². The van der Waals surface area contributed by atoms with Crippen molar-refractivity contribution in [1.29, 1.82) is 0 Å². The van der Waals surface area contributed by atoms with Gasteiger partial charge in [0.15, 0.2) is 5.13 Å². The van der Waals surface area contributed by atoms with Crippen LogP contribution in [-0.2, 0) is 0 Å². The van der Waals surface area contributed by atoms with Gasteiger partial charge in [-0.2, -0.15) is 4.98 Å². The van der Waals surface area contributed by atoms with Crippen molar-refractivity contribution in [2.45, 2.75) is 13.3 Å². The fraction of sp³-hybridized carbons (Fsp3) is 0.625. The fourth-order valence-electron chi connectivity index (χ4n) is 1.51. The van der Waals surface area contributed by atoms with Crippen molar-refractivity contribution in [3.8, 4) is 5.88 Å². The van der Waals surface area contributed by atoms with Crippen LogP contribution < -0.4 is 4.90 Å². The van der Waals surface area contributed by atoms with E-state index in [0.717, 1.165) is 24.1 Å². The fourth-order valence-corrected chi connectivity index (χ4v) is 2.23. The number of aromatic nitrogens is 1. The lowest BCUT2D eigenvalue weighted by Gasteiger charge is -2.12. The second-order valence-corrected chi connectivity index (χ2v) is 4.16. The molecule has 1 aliphatic rings. The molecule has 0 saturated carbocycles. The molecule has 1 aromatic rings. The van der Waals surface area contributed by atoms with E-state index in [4.69, 9.17) is 5.11 Å². The molecular weight excluding hydrogens is 172 g/mol. The minimum absolute atomic E-state index is 0.148. The number of hydrogen-bond donors (Lipinski definition) is 1. The first-order chi connectivity index (χ1) is 5.75. The van der Waals surface area contributed by atoms with Crippen LogP contribution in [0.15, 0.2) is 5.38 Å². The SMILES string of the molecule is CC1CCN(c2nc(O)cs2)C1. The maximum atomic E-state index is 9.05. The third-order valence-electron chi connectivity index (χ3n) is 2.17. The van der Waals surface area contributed by atoms with Crippen LogP contribution in [0.1, 0.15) is 13.3 Å². The van der Waals surface area contributed by atoms with Crippen LogP contribution in [0.25, 0.3) is 0 Å². The van der Waals surface area contributed by atoms with Gasteiger partial charge in [-0.3, -0.25) is 0 Å². The van der Waals surface area contributed by atoms with E-state index in [1.165, 1.54) is 17.8 Å². The smallest absolute Gasteiger partial charge is 0.223 e. The first-order valence-electron chi connectivity index (χ1n) is 4.15. The molecule has 2 heterocycles. The van der Waals surface area contributed by atoms with Crippen LogP contribution in [0.2, 0.25) is 0 Å². The van der Waals surface area contributed by atoms with Gasteiger partial charge in [0.05, 0.1) is 5.38 Å². The monoisotopic (exact) mass is 184 g/mol. The van der Waals surface area contributed by atoms with Crippen LogP contribution in [0.4, 0.5) is 5.13 Å². The summed E-state index contributed by atoms with van der Waals surface area (Å²) in [6, 6.07) is 0. The van der Waals surface area contributed by atoms with Crippen molar-refractivity contribution < 1.29 is 5.11 Å². The van der Waals surface area contributed by atoms with Gasteiger partial charge >= 0.3 is 0 Å². The van der Waals surface area contributed by atoms with E-state index in [1.807, 2.05) is 0 Å². The number of nitrogens with zero attached hydrogens (tertiary/aromatic N) is 2. The van der Waals surface area contributed by atoms with E-state index < -0.39 is 0 Å². The maximum absolute atomic E-state index is 9.05. The summed E-state index contributed by atoms with van der Waals surface area (Å²) in [7, 11) is 0. The molecule has 0 radical (unpaired) electrons. The Kier molecular flexibility index (Phi) is 1.92. The largest absolute Gasteiger partial charge is 0.493 e. The van der Waals surface area contributed by atoms with E-state index in [0.29, 0.717) is 0 Å². The molecule has 0 aromatic carbocycles. The highest BCUT2D eigenvalue weighted by molar-refractivity contribution is 7.13. The van der Waals surface area contributed by atoms with Crippen molar-refractivity contribution in [2.24, 2.45) is 5.92 Å². The van der Waals surface area contributed by atoms with E-state index in [2.05, 4.69) is 16.8 Å². The molecular formula is C8H12N2OS. The quantitative estimate of drug-likeness (QED) is 0.721. The topological polar surface area (TPSA) is 36.4 Å². The number of rotatable bonds is 1. The lowest BCUT2D eigenvalue weighted by Crippen LogP contribution is -2.18. The van der Waals surface area contributed by atoms with E-state index in [-0.39, 0.29) is 5.88 Å². The molecule has 0 aliphatic carbocycles. The first kappa shape index (κ1) is 7.86. The molecule has 1 N–H and O–H groups in total. The average Bonchev–Trinajstić information content (AvgIpc) is 2.58. The lowest BCUT2D eigenvalue weighted by atomic mass is 10.2. The van der Waals surface area contributed by atoms with Crippen molar-refractivity contribution in [1.82, 2.24) is 4.98 Å². The van der Waals surface area contributed by atoms with Crippen molar-refractivity contribution in [3.05, 3.63) is 5.38 Å². The normalized spacial score (nSPS) is 23.4. The minimum Gasteiger partial charge on any atom is -0.493 e. The Morgan fingerprint density at radius 2 is 2.58 bits per heavy atom. The Hall–Kier alpha value is -0.770. The number of thiazole rings is 1. The Bertz CT molecular complexity index is 274. The highest BCUT2D eigenvalue weighted by Crippen LogP contribution is 2.28. The molecule has 1 fully saturated rings. The molecule has 0 bridgehead atoms. The van der Waals surface area contributed by atoms with Gasteiger partial charge in [0, 0.05) is 13.1 Å². The van der Waals surface area contributed by atoms with Crippen molar-refractivity contribution in [2.75, 3.05) is 18.0 Å². The second-order valence-electron chi connectivity index (χ2n) is 3.33. The predicted octanol–water partition coefficient (Wildman–Crippen LogP) is 1.69. The zero-order chi connectivity index (χ0) is 8.55. The summed E-state index contributed by atoms with van der Waals surface area (Å²) in [6.07, 6.45) is 1.24. The minimum atomic E-state index is 0.148.